The van der Waals surface area contributed by atoms with Gasteiger partial charge in [0, 0.05) is 6.92 Å². The van der Waals surface area contributed by atoms with Gasteiger partial charge in [-0.05, 0) is 27.7 Å². The topological polar surface area (TPSA) is 126 Å². The van der Waals surface area contributed by atoms with Gasteiger partial charge in [0.1, 0.15) is 12.1 Å². The molecular formula is C16H23NO9. The Balaban J connectivity index is 5.92. The molecule has 26 heavy (non-hydrogen) atoms. The van der Waals surface area contributed by atoms with E-state index in [4.69, 9.17) is 9.47 Å². The minimum Gasteiger partial charge on any atom is -0.468 e. The van der Waals surface area contributed by atoms with E-state index < -0.39 is 47.9 Å². The Labute approximate surface area is 151 Å². The Morgan fingerprint density at radius 3 is 2.12 bits per heavy atom. The third kappa shape index (κ3) is 7.80. The number of methoxy groups -OCH3 is 1. The van der Waals surface area contributed by atoms with Crippen LogP contribution in [0.1, 0.15) is 34.6 Å². The Kier molecular flexibility index (Phi) is 9.07. The highest BCUT2D eigenvalue weighted by Crippen LogP contribution is 2.15. The second-order valence-electron chi connectivity index (χ2n) is 5.92. The second-order valence-corrected chi connectivity index (χ2v) is 5.92. The normalized spacial score (nSPS) is 11.5. The van der Waals surface area contributed by atoms with Crippen LogP contribution in [0.25, 0.3) is 0 Å². The SMILES string of the molecule is CCOC(=O)C(C(=O)OC(C)=C=O)N(CC(=O)OC)C(=O)OC(C)(C)C. The summed E-state index contributed by atoms with van der Waals surface area (Å²) in [4.78, 5) is 59.6. The van der Waals surface area contributed by atoms with Crippen molar-refractivity contribution in [2.24, 2.45) is 0 Å². The summed E-state index contributed by atoms with van der Waals surface area (Å²) in [6.07, 6.45) is -1.15. The van der Waals surface area contributed by atoms with E-state index in [0.29, 0.717) is 4.90 Å². The lowest BCUT2D eigenvalue weighted by molar-refractivity contribution is -0.162. The van der Waals surface area contributed by atoms with Crippen LogP contribution in [0, 0.1) is 0 Å². The molecule has 1 amide bonds. The maximum absolute atomic E-state index is 12.4. The number of carbonyl (C=O) groups excluding carboxylic acids is 5. The molecule has 0 radical (unpaired) electrons. The maximum atomic E-state index is 12.4. The van der Waals surface area contributed by atoms with Gasteiger partial charge in [0.25, 0.3) is 0 Å². The van der Waals surface area contributed by atoms with Crippen LogP contribution >= 0.6 is 0 Å². The number of ether oxygens (including phenoxy) is 4. The van der Waals surface area contributed by atoms with Crippen LogP contribution in [0.5, 0.6) is 0 Å². The lowest BCUT2D eigenvalue weighted by Crippen LogP contribution is -2.54. The van der Waals surface area contributed by atoms with Crippen molar-refractivity contribution in [2.45, 2.75) is 46.3 Å². The molecule has 146 valence electrons. The summed E-state index contributed by atoms with van der Waals surface area (Å²) in [6.45, 7) is 6.38. The Bertz CT molecular complexity index is 599. The van der Waals surface area contributed by atoms with Gasteiger partial charge in [-0.2, -0.15) is 0 Å². The van der Waals surface area contributed by atoms with Crippen LogP contribution < -0.4 is 0 Å². The summed E-state index contributed by atoms with van der Waals surface area (Å²) in [7, 11) is 1.06. The van der Waals surface area contributed by atoms with E-state index in [2.05, 4.69) is 9.47 Å². The molecule has 10 nitrogen and oxygen atoms in total. The van der Waals surface area contributed by atoms with Crippen LogP contribution in [-0.4, -0.2) is 66.7 Å². The molecule has 0 rings (SSSR count). The molecule has 0 bridgehead atoms. The molecule has 1 atom stereocenters. The van der Waals surface area contributed by atoms with Crippen LogP contribution in [0.2, 0.25) is 0 Å². The third-order valence-electron chi connectivity index (χ3n) is 2.60. The van der Waals surface area contributed by atoms with Crippen molar-refractivity contribution in [1.29, 1.82) is 0 Å². The fourth-order valence-corrected chi connectivity index (χ4v) is 1.58. The number of carbonyl (C=O) groups is 4. The first-order valence-corrected chi connectivity index (χ1v) is 7.63. The van der Waals surface area contributed by atoms with Crippen molar-refractivity contribution in [3.63, 3.8) is 0 Å². The number of amides is 1. The highest BCUT2D eigenvalue weighted by atomic mass is 16.6. The molecule has 0 aliphatic heterocycles. The van der Waals surface area contributed by atoms with Crippen LogP contribution in [0.15, 0.2) is 5.76 Å². The first-order chi connectivity index (χ1) is 12.0. The highest BCUT2D eigenvalue weighted by molar-refractivity contribution is 6.03. The summed E-state index contributed by atoms with van der Waals surface area (Å²) < 4.78 is 19.0. The predicted octanol–water partition coefficient (Wildman–Crippen LogP) is 0.607. The molecule has 0 aliphatic carbocycles. The number of allylic oxidation sites excluding steroid dienone is 1. The molecule has 0 fully saturated rings. The van der Waals surface area contributed by atoms with Crippen LogP contribution in [0.3, 0.4) is 0 Å². The Morgan fingerprint density at radius 1 is 1.12 bits per heavy atom. The van der Waals surface area contributed by atoms with Gasteiger partial charge in [-0.3, -0.25) is 9.69 Å². The summed E-state index contributed by atoms with van der Waals surface area (Å²) in [5.74, 6) is -2.52. The lowest BCUT2D eigenvalue weighted by atomic mass is 10.2. The van der Waals surface area contributed by atoms with Crippen molar-refractivity contribution in [3.8, 4) is 0 Å². The molecule has 0 heterocycles. The Hall–Kier alpha value is -2.87. The average molecular weight is 373 g/mol. The summed E-state index contributed by atoms with van der Waals surface area (Å²) in [5, 5.41) is 0. The first-order valence-electron chi connectivity index (χ1n) is 7.63. The zero-order valence-corrected chi connectivity index (χ0v) is 15.6. The Morgan fingerprint density at radius 2 is 1.69 bits per heavy atom. The monoisotopic (exact) mass is 373 g/mol. The van der Waals surface area contributed by atoms with E-state index in [9.17, 15) is 24.0 Å². The number of hydrogen-bond acceptors (Lipinski definition) is 9. The van der Waals surface area contributed by atoms with Crippen molar-refractivity contribution in [2.75, 3.05) is 20.3 Å². The van der Waals surface area contributed by atoms with E-state index in [1.54, 1.807) is 20.8 Å². The smallest absolute Gasteiger partial charge is 0.412 e. The molecule has 0 saturated heterocycles. The lowest BCUT2D eigenvalue weighted by Gasteiger charge is -2.30. The minimum atomic E-state index is -1.98. The van der Waals surface area contributed by atoms with E-state index in [1.807, 2.05) is 0 Å². The average Bonchev–Trinajstić information content (AvgIpc) is 2.52. The van der Waals surface area contributed by atoms with Crippen molar-refractivity contribution in [1.82, 2.24) is 4.90 Å². The van der Waals surface area contributed by atoms with Crippen molar-refractivity contribution in [3.05, 3.63) is 5.76 Å². The second kappa shape index (κ2) is 10.2. The van der Waals surface area contributed by atoms with Gasteiger partial charge in [0.15, 0.2) is 11.7 Å². The number of hydrogen-bond donors (Lipinski definition) is 0. The molecule has 0 aliphatic rings. The standard InChI is InChI=1S/C16H23NO9/c1-7-24-13(20)12(14(21)25-10(2)9-18)17(8-11(19)23-6)15(22)26-16(3,4)5/h12H,7-8H2,1-6H3. The van der Waals surface area contributed by atoms with Crippen LogP contribution in [-0.2, 0) is 38.1 Å². The van der Waals surface area contributed by atoms with Gasteiger partial charge in [0.05, 0.1) is 13.7 Å². The van der Waals surface area contributed by atoms with E-state index in [1.165, 1.54) is 12.9 Å². The molecule has 0 aromatic carbocycles. The molecule has 0 aromatic heterocycles. The van der Waals surface area contributed by atoms with E-state index in [-0.39, 0.29) is 6.61 Å². The minimum absolute atomic E-state index is 0.106. The first kappa shape index (κ1) is 23.1. The zero-order chi connectivity index (χ0) is 20.5. The third-order valence-corrected chi connectivity index (χ3v) is 2.60. The molecule has 0 N–H and O–H groups in total. The van der Waals surface area contributed by atoms with Crippen molar-refractivity contribution < 1.29 is 42.9 Å². The summed E-state index contributed by atoms with van der Waals surface area (Å²) >= 11 is 0. The van der Waals surface area contributed by atoms with Gasteiger partial charge in [-0.15, -0.1) is 0 Å². The molecule has 0 spiro atoms. The van der Waals surface area contributed by atoms with Gasteiger partial charge >= 0.3 is 24.0 Å². The summed E-state index contributed by atoms with van der Waals surface area (Å²) in [5.41, 5.74) is -0.979. The van der Waals surface area contributed by atoms with Gasteiger partial charge < -0.3 is 18.9 Å². The molecular weight excluding hydrogens is 350 g/mol. The van der Waals surface area contributed by atoms with Gasteiger partial charge in [0.2, 0.25) is 6.04 Å². The molecule has 1 unspecified atom stereocenters. The van der Waals surface area contributed by atoms with E-state index >= 15 is 0 Å². The molecule has 0 saturated carbocycles. The largest absolute Gasteiger partial charge is 0.468 e. The molecule has 10 heteroatoms. The fourth-order valence-electron chi connectivity index (χ4n) is 1.58. The number of esters is 3. The highest BCUT2D eigenvalue weighted by Gasteiger charge is 2.42. The fraction of sp³-hybridized carbons (Fsp3) is 0.625. The quantitative estimate of drug-likeness (QED) is 0.207. The zero-order valence-electron chi connectivity index (χ0n) is 15.6. The van der Waals surface area contributed by atoms with Crippen molar-refractivity contribution >= 4 is 29.9 Å². The number of rotatable bonds is 7. The summed E-state index contributed by atoms with van der Waals surface area (Å²) in [6, 6.07) is -1.98. The maximum Gasteiger partial charge on any atom is 0.412 e. The number of nitrogens with zero attached hydrogens (tertiary/aromatic N) is 1. The van der Waals surface area contributed by atoms with Gasteiger partial charge in [-0.1, -0.05) is 0 Å². The predicted molar refractivity (Wildman–Crippen MR) is 86.3 cm³/mol. The van der Waals surface area contributed by atoms with Crippen LogP contribution in [0.4, 0.5) is 4.79 Å². The van der Waals surface area contributed by atoms with Gasteiger partial charge in [-0.25, -0.2) is 19.2 Å². The molecule has 0 aromatic rings. The van der Waals surface area contributed by atoms with E-state index in [0.717, 1.165) is 14.0 Å².